The fraction of sp³-hybridized carbons (Fsp3) is 0.625. The van der Waals surface area contributed by atoms with Crippen LogP contribution in [0.2, 0.25) is 0 Å². The van der Waals surface area contributed by atoms with Gasteiger partial charge in [-0.15, -0.1) is 0 Å². The van der Waals surface area contributed by atoms with Crippen LogP contribution in [0, 0.1) is 0 Å². The van der Waals surface area contributed by atoms with Gasteiger partial charge in [-0.1, -0.05) is 12.1 Å². The van der Waals surface area contributed by atoms with E-state index in [1.54, 1.807) is 7.11 Å². The highest BCUT2D eigenvalue weighted by Crippen LogP contribution is 2.29. The molecule has 1 aromatic carbocycles. The molecule has 20 heavy (non-hydrogen) atoms. The number of hydrogen-bond acceptors (Lipinski definition) is 4. The molecule has 0 heterocycles. The highest BCUT2D eigenvalue weighted by atomic mass is 16.5. The molecule has 1 N–H and O–H groups in total. The molecule has 1 aliphatic rings. The molecule has 1 aliphatic carbocycles. The third-order valence-electron chi connectivity index (χ3n) is 3.71. The molecule has 0 aliphatic heterocycles. The number of methoxy groups -OCH3 is 1. The van der Waals surface area contributed by atoms with E-state index in [4.69, 9.17) is 9.47 Å². The summed E-state index contributed by atoms with van der Waals surface area (Å²) in [7, 11) is 5.92. The summed E-state index contributed by atoms with van der Waals surface area (Å²) in [5, 5.41) is 3.53. The number of nitrogens with one attached hydrogen (secondary N) is 1. The first-order chi connectivity index (χ1) is 9.63. The van der Waals surface area contributed by atoms with E-state index < -0.39 is 0 Å². The molecule has 0 saturated heterocycles. The van der Waals surface area contributed by atoms with E-state index in [9.17, 15) is 0 Å². The van der Waals surface area contributed by atoms with Gasteiger partial charge in [-0.05, 0) is 45.1 Å². The van der Waals surface area contributed by atoms with Gasteiger partial charge in [0, 0.05) is 25.9 Å². The van der Waals surface area contributed by atoms with Gasteiger partial charge in [0.05, 0.1) is 12.1 Å². The van der Waals surface area contributed by atoms with Crippen LogP contribution >= 0.6 is 0 Å². The summed E-state index contributed by atoms with van der Waals surface area (Å²) in [4.78, 5) is 2.17. The van der Waals surface area contributed by atoms with Gasteiger partial charge in [-0.2, -0.15) is 0 Å². The molecule has 1 saturated carbocycles. The molecule has 0 aromatic heterocycles. The first kappa shape index (κ1) is 15.3. The smallest absolute Gasteiger partial charge is 0.103 e. The molecule has 3 unspecified atom stereocenters. The fourth-order valence-corrected chi connectivity index (χ4v) is 2.70. The minimum Gasteiger partial charge on any atom is -0.379 e. The molecule has 2 rings (SSSR count). The maximum absolute atomic E-state index is 5.64. The summed E-state index contributed by atoms with van der Waals surface area (Å²) in [5.74, 6) is 0. The number of nitrogens with zero attached hydrogens (tertiary/aromatic N) is 1. The largest absolute Gasteiger partial charge is 0.379 e. The quantitative estimate of drug-likeness (QED) is 0.830. The minimum atomic E-state index is 0.149. The predicted molar refractivity (Wildman–Crippen MR) is 82.1 cm³/mol. The van der Waals surface area contributed by atoms with E-state index in [0.29, 0.717) is 6.04 Å². The van der Waals surface area contributed by atoms with E-state index >= 15 is 0 Å². The molecule has 4 heteroatoms. The van der Waals surface area contributed by atoms with Crippen LogP contribution in [-0.4, -0.2) is 51.0 Å². The van der Waals surface area contributed by atoms with Crippen molar-refractivity contribution < 1.29 is 9.47 Å². The topological polar surface area (TPSA) is 33.7 Å². The van der Waals surface area contributed by atoms with Crippen molar-refractivity contribution in [2.45, 2.75) is 38.1 Å². The summed E-state index contributed by atoms with van der Waals surface area (Å²) in [5.41, 5.74) is 2.47. The number of hydrogen-bond donors (Lipinski definition) is 1. The number of rotatable bonds is 7. The zero-order chi connectivity index (χ0) is 14.5. The zero-order valence-corrected chi connectivity index (χ0v) is 12.9. The second-order valence-corrected chi connectivity index (χ2v) is 5.62. The molecular weight excluding hydrogens is 252 g/mol. The minimum absolute atomic E-state index is 0.149. The van der Waals surface area contributed by atoms with E-state index in [1.807, 2.05) is 6.92 Å². The number of benzene rings is 1. The monoisotopic (exact) mass is 278 g/mol. The van der Waals surface area contributed by atoms with Crippen molar-refractivity contribution in [1.29, 1.82) is 0 Å². The predicted octanol–water partition coefficient (Wildman–Crippen LogP) is 2.35. The second kappa shape index (κ2) is 7.07. The highest BCUT2D eigenvalue weighted by molar-refractivity contribution is 5.46. The van der Waals surface area contributed by atoms with Crippen molar-refractivity contribution >= 4 is 5.69 Å². The molecule has 1 aromatic rings. The van der Waals surface area contributed by atoms with Crippen molar-refractivity contribution in [3.8, 4) is 0 Å². The van der Waals surface area contributed by atoms with Crippen LogP contribution in [0.4, 0.5) is 5.69 Å². The first-order valence-corrected chi connectivity index (χ1v) is 7.28. The van der Waals surface area contributed by atoms with Gasteiger partial charge in [0.15, 0.2) is 0 Å². The molecular formula is C16H26N2O2. The average Bonchev–Trinajstić information content (AvgIpc) is 2.39. The Morgan fingerprint density at radius 1 is 1.25 bits per heavy atom. The van der Waals surface area contributed by atoms with Crippen LogP contribution in [0.25, 0.3) is 0 Å². The maximum atomic E-state index is 5.64. The molecule has 0 spiro atoms. The first-order valence-electron chi connectivity index (χ1n) is 7.28. The van der Waals surface area contributed by atoms with Gasteiger partial charge >= 0.3 is 0 Å². The lowest BCUT2D eigenvalue weighted by Gasteiger charge is -2.43. The SMILES string of the molecule is CCOC1CC(Nc2ccc(CN(C)C)cc2)C1OC. The van der Waals surface area contributed by atoms with Crippen molar-refractivity contribution in [2.75, 3.05) is 33.1 Å². The molecule has 1 fully saturated rings. The van der Waals surface area contributed by atoms with Gasteiger partial charge in [0.2, 0.25) is 0 Å². The molecule has 4 nitrogen and oxygen atoms in total. The van der Waals surface area contributed by atoms with Gasteiger partial charge < -0.3 is 19.7 Å². The Bertz CT molecular complexity index is 405. The van der Waals surface area contributed by atoms with E-state index in [-0.39, 0.29) is 12.2 Å². The van der Waals surface area contributed by atoms with Crippen molar-refractivity contribution in [3.63, 3.8) is 0 Å². The van der Waals surface area contributed by atoms with Crippen molar-refractivity contribution in [1.82, 2.24) is 4.90 Å². The standard InChI is InChI=1S/C16H26N2O2/c1-5-20-15-10-14(16(15)19-4)17-13-8-6-12(7-9-13)11-18(2)3/h6-9,14-17H,5,10-11H2,1-4H3. The van der Waals surface area contributed by atoms with Crippen molar-refractivity contribution in [2.24, 2.45) is 0 Å². The normalized spacial score (nSPS) is 25.6. The Morgan fingerprint density at radius 3 is 2.50 bits per heavy atom. The summed E-state index contributed by atoms with van der Waals surface area (Å²) in [6.45, 7) is 3.74. The molecule has 0 radical (unpaired) electrons. The van der Waals surface area contributed by atoms with Crippen LogP contribution in [-0.2, 0) is 16.0 Å². The Labute approximate surface area is 122 Å². The van der Waals surface area contributed by atoms with Crippen LogP contribution in [0.3, 0.4) is 0 Å². The lowest BCUT2D eigenvalue weighted by Crippen LogP contribution is -2.56. The van der Waals surface area contributed by atoms with Crippen LogP contribution < -0.4 is 5.32 Å². The number of ether oxygens (including phenoxy) is 2. The molecule has 0 amide bonds. The summed E-state index contributed by atoms with van der Waals surface area (Å²) < 4.78 is 11.2. The van der Waals surface area contributed by atoms with E-state index in [2.05, 4.69) is 48.6 Å². The van der Waals surface area contributed by atoms with Gasteiger partial charge in [-0.3, -0.25) is 0 Å². The Hall–Kier alpha value is -1.10. The van der Waals surface area contributed by atoms with Crippen LogP contribution in [0.15, 0.2) is 24.3 Å². The Morgan fingerprint density at radius 2 is 1.95 bits per heavy atom. The third kappa shape index (κ3) is 3.72. The van der Waals surface area contributed by atoms with Crippen LogP contribution in [0.1, 0.15) is 18.9 Å². The van der Waals surface area contributed by atoms with E-state index in [0.717, 1.165) is 25.3 Å². The second-order valence-electron chi connectivity index (χ2n) is 5.62. The van der Waals surface area contributed by atoms with Gasteiger partial charge in [-0.25, -0.2) is 0 Å². The lowest BCUT2D eigenvalue weighted by atomic mass is 9.85. The molecule has 0 bridgehead atoms. The summed E-state index contributed by atoms with van der Waals surface area (Å²) in [6.07, 6.45) is 1.39. The fourth-order valence-electron chi connectivity index (χ4n) is 2.70. The average molecular weight is 278 g/mol. The van der Waals surface area contributed by atoms with Gasteiger partial charge in [0.25, 0.3) is 0 Å². The Balaban J connectivity index is 1.87. The molecule has 3 atom stereocenters. The van der Waals surface area contributed by atoms with Gasteiger partial charge in [0.1, 0.15) is 6.10 Å². The lowest BCUT2D eigenvalue weighted by molar-refractivity contribution is -0.118. The zero-order valence-electron chi connectivity index (χ0n) is 12.9. The summed E-state index contributed by atoms with van der Waals surface area (Å²) in [6, 6.07) is 8.96. The Kier molecular flexibility index (Phi) is 5.40. The maximum Gasteiger partial charge on any atom is 0.103 e. The molecule has 112 valence electrons. The summed E-state index contributed by atoms with van der Waals surface area (Å²) >= 11 is 0. The van der Waals surface area contributed by atoms with Crippen LogP contribution in [0.5, 0.6) is 0 Å². The number of anilines is 1. The van der Waals surface area contributed by atoms with E-state index in [1.165, 1.54) is 5.56 Å². The third-order valence-corrected chi connectivity index (χ3v) is 3.71. The van der Waals surface area contributed by atoms with Crippen molar-refractivity contribution in [3.05, 3.63) is 29.8 Å². The highest BCUT2D eigenvalue weighted by Gasteiger charge is 2.42.